The van der Waals surface area contributed by atoms with Crippen LogP contribution >= 0.6 is 0 Å². The molecule has 21 heavy (non-hydrogen) atoms. The fraction of sp³-hybridized carbons (Fsp3) is 0.667. The molecule has 118 valence electrons. The molecule has 0 aliphatic carbocycles. The van der Waals surface area contributed by atoms with E-state index in [1.807, 2.05) is 27.0 Å². The normalized spacial score (nSPS) is 24.0. The van der Waals surface area contributed by atoms with Gasteiger partial charge in [0.15, 0.2) is 0 Å². The second kappa shape index (κ2) is 6.02. The highest BCUT2D eigenvalue weighted by Crippen LogP contribution is 2.46. The van der Waals surface area contributed by atoms with Crippen LogP contribution in [-0.2, 0) is 21.3 Å². The van der Waals surface area contributed by atoms with E-state index in [1.165, 1.54) is 4.31 Å². The van der Waals surface area contributed by atoms with E-state index in [-0.39, 0.29) is 0 Å². The maximum absolute atomic E-state index is 12.8. The first-order valence-electron chi connectivity index (χ1n) is 7.55. The van der Waals surface area contributed by atoms with Crippen LogP contribution in [0.15, 0.2) is 18.5 Å². The second-order valence-corrected chi connectivity index (χ2v) is 7.95. The molecule has 1 saturated heterocycles. The molecule has 1 aromatic heterocycles. The zero-order valence-electron chi connectivity index (χ0n) is 13.3. The van der Waals surface area contributed by atoms with Crippen molar-refractivity contribution in [3.63, 3.8) is 0 Å². The Morgan fingerprint density at radius 2 is 1.81 bits per heavy atom. The average Bonchev–Trinajstić information content (AvgIpc) is 2.50. The summed E-state index contributed by atoms with van der Waals surface area (Å²) in [5.41, 5.74) is 2.01. The number of piperidine rings is 1. The Bertz CT molecular complexity index is 593. The summed E-state index contributed by atoms with van der Waals surface area (Å²) < 4.78 is 26.4. The fourth-order valence-corrected chi connectivity index (χ4v) is 5.35. The van der Waals surface area contributed by atoms with Crippen LogP contribution in [0.5, 0.6) is 0 Å². The standard InChI is InChI=1S/C13H19N3O2S.C2H6/c1-15-7-4-13(5-8-15)12-3-6-14-9-11(12)10-16(2)19(13,17)18;1-2/h3,6,9H,4-5,7-8,10H2,1-2H3;1-2H3. The minimum absolute atomic E-state index is 0.434. The lowest BCUT2D eigenvalue weighted by Crippen LogP contribution is -2.53. The third-order valence-electron chi connectivity index (χ3n) is 4.49. The minimum atomic E-state index is -3.28. The molecule has 0 atom stereocenters. The summed E-state index contributed by atoms with van der Waals surface area (Å²) in [6, 6.07) is 1.89. The van der Waals surface area contributed by atoms with E-state index in [9.17, 15) is 8.42 Å². The van der Waals surface area contributed by atoms with Crippen molar-refractivity contribution in [2.45, 2.75) is 38.0 Å². The Kier molecular flexibility index (Phi) is 4.70. The quantitative estimate of drug-likeness (QED) is 0.733. The summed E-state index contributed by atoms with van der Waals surface area (Å²) in [5.74, 6) is 0. The van der Waals surface area contributed by atoms with Gasteiger partial charge in [-0.2, -0.15) is 4.31 Å². The van der Waals surface area contributed by atoms with Crippen LogP contribution in [0.1, 0.15) is 37.8 Å². The third kappa shape index (κ3) is 2.49. The molecule has 0 radical (unpaired) electrons. The molecule has 3 heterocycles. The minimum Gasteiger partial charge on any atom is -0.306 e. The van der Waals surface area contributed by atoms with Gasteiger partial charge in [-0.15, -0.1) is 0 Å². The van der Waals surface area contributed by atoms with Gasteiger partial charge < -0.3 is 4.90 Å². The number of aromatic nitrogens is 1. The first-order valence-corrected chi connectivity index (χ1v) is 8.99. The lowest BCUT2D eigenvalue weighted by molar-refractivity contribution is 0.221. The molecule has 6 heteroatoms. The van der Waals surface area contributed by atoms with E-state index in [1.54, 1.807) is 19.4 Å². The summed E-state index contributed by atoms with van der Waals surface area (Å²) in [5, 5.41) is 0. The summed E-state index contributed by atoms with van der Waals surface area (Å²) >= 11 is 0. The summed E-state index contributed by atoms with van der Waals surface area (Å²) in [6.07, 6.45) is 4.83. The van der Waals surface area contributed by atoms with Crippen LogP contribution in [0.3, 0.4) is 0 Å². The van der Waals surface area contributed by atoms with Crippen molar-refractivity contribution in [1.29, 1.82) is 0 Å². The zero-order chi connectivity index (χ0) is 15.7. The van der Waals surface area contributed by atoms with Crippen molar-refractivity contribution in [1.82, 2.24) is 14.2 Å². The van der Waals surface area contributed by atoms with Crippen LogP contribution in [0.2, 0.25) is 0 Å². The average molecular weight is 311 g/mol. The van der Waals surface area contributed by atoms with E-state index in [2.05, 4.69) is 9.88 Å². The van der Waals surface area contributed by atoms with Gasteiger partial charge in [-0.1, -0.05) is 13.8 Å². The SMILES string of the molecule is CC.CN1CCC2(CC1)c1ccncc1CN(C)S2(=O)=O. The predicted octanol–water partition coefficient (Wildman–Crippen LogP) is 1.80. The molecule has 0 saturated carbocycles. The first kappa shape index (κ1) is 16.4. The topological polar surface area (TPSA) is 53.5 Å². The largest absolute Gasteiger partial charge is 0.306 e. The Morgan fingerprint density at radius 3 is 2.43 bits per heavy atom. The van der Waals surface area contributed by atoms with Crippen molar-refractivity contribution >= 4 is 10.0 Å². The number of nitrogens with zero attached hydrogens (tertiary/aromatic N) is 3. The van der Waals surface area contributed by atoms with Crippen LogP contribution in [0.4, 0.5) is 0 Å². The zero-order valence-corrected chi connectivity index (χ0v) is 14.2. The lowest BCUT2D eigenvalue weighted by Gasteiger charge is -2.46. The third-order valence-corrected chi connectivity index (χ3v) is 7.05. The Morgan fingerprint density at radius 1 is 1.19 bits per heavy atom. The van der Waals surface area contributed by atoms with Gasteiger partial charge in [0, 0.05) is 26.0 Å². The smallest absolute Gasteiger partial charge is 0.224 e. The molecule has 0 bridgehead atoms. The van der Waals surface area contributed by atoms with Gasteiger partial charge in [-0.05, 0) is 50.2 Å². The van der Waals surface area contributed by atoms with Crippen LogP contribution < -0.4 is 0 Å². The van der Waals surface area contributed by atoms with Gasteiger partial charge in [0.05, 0.1) is 0 Å². The van der Waals surface area contributed by atoms with Gasteiger partial charge in [0.2, 0.25) is 10.0 Å². The first-order chi connectivity index (χ1) is 9.97. The molecule has 0 amide bonds. The van der Waals surface area contributed by atoms with E-state index in [4.69, 9.17) is 0 Å². The molecule has 0 N–H and O–H groups in total. The molecule has 5 nitrogen and oxygen atoms in total. The molecular formula is C15H25N3O2S. The molecule has 0 aromatic carbocycles. The highest BCUT2D eigenvalue weighted by molar-refractivity contribution is 7.90. The second-order valence-electron chi connectivity index (χ2n) is 5.59. The molecule has 2 aliphatic rings. The molecule has 3 rings (SSSR count). The number of likely N-dealkylation sites (tertiary alicyclic amines) is 1. The fourth-order valence-electron chi connectivity index (χ4n) is 3.27. The Hall–Kier alpha value is -0.980. The van der Waals surface area contributed by atoms with E-state index >= 15 is 0 Å². The number of pyridine rings is 1. The highest BCUT2D eigenvalue weighted by atomic mass is 32.2. The van der Waals surface area contributed by atoms with Crippen molar-refractivity contribution in [2.75, 3.05) is 27.2 Å². The predicted molar refractivity (Wildman–Crippen MR) is 84.4 cm³/mol. The van der Waals surface area contributed by atoms with Crippen molar-refractivity contribution < 1.29 is 8.42 Å². The Balaban J connectivity index is 0.000000774. The number of sulfonamides is 1. The molecule has 0 unspecified atom stereocenters. The molecule has 2 aliphatic heterocycles. The monoisotopic (exact) mass is 311 g/mol. The van der Waals surface area contributed by atoms with Gasteiger partial charge in [0.1, 0.15) is 4.75 Å². The highest BCUT2D eigenvalue weighted by Gasteiger charge is 2.52. The van der Waals surface area contributed by atoms with Gasteiger partial charge in [0.25, 0.3) is 0 Å². The lowest BCUT2D eigenvalue weighted by atomic mass is 9.86. The van der Waals surface area contributed by atoms with Gasteiger partial charge >= 0.3 is 0 Å². The summed E-state index contributed by atoms with van der Waals surface area (Å²) in [6.45, 7) is 6.06. The van der Waals surface area contributed by atoms with Crippen LogP contribution in [0, 0.1) is 0 Å². The van der Waals surface area contributed by atoms with Crippen molar-refractivity contribution in [3.05, 3.63) is 29.6 Å². The maximum atomic E-state index is 12.8. The van der Waals surface area contributed by atoms with E-state index < -0.39 is 14.8 Å². The molecule has 1 spiro atoms. The molecular weight excluding hydrogens is 286 g/mol. The van der Waals surface area contributed by atoms with Crippen molar-refractivity contribution in [3.8, 4) is 0 Å². The number of fused-ring (bicyclic) bond motifs is 2. The van der Waals surface area contributed by atoms with Gasteiger partial charge in [-0.25, -0.2) is 8.42 Å². The van der Waals surface area contributed by atoms with E-state index in [0.717, 1.165) is 24.2 Å². The van der Waals surface area contributed by atoms with Crippen LogP contribution in [0.25, 0.3) is 0 Å². The van der Waals surface area contributed by atoms with E-state index in [0.29, 0.717) is 19.4 Å². The summed E-state index contributed by atoms with van der Waals surface area (Å²) in [7, 11) is 0.430. The van der Waals surface area contributed by atoms with Gasteiger partial charge in [-0.3, -0.25) is 4.98 Å². The number of rotatable bonds is 0. The molecule has 1 aromatic rings. The molecule has 1 fully saturated rings. The number of hydrogen-bond acceptors (Lipinski definition) is 4. The Labute approximate surface area is 128 Å². The van der Waals surface area contributed by atoms with Crippen LogP contribution in [-0.4, -0.2) is 49.8 Å². The van der Waals surface area contributed by atoms with Crippen molar-refractivity contribution in [2.24, 2.45) is 0 Å². The maximum Gasteiger partial charge on any atom is 0.224 e. The summed E-state index contributed by atoms with van der Waals surface area (Å²) in [4.78, 5) is 6.33. The number of hydrogen-bond donors (Lipinski definition) is 0.